The molecule has 0 aliphatic heterocycles. The van der Waals surface area contributed by atoms with E-state index in [4.69, 9.17) is 26.7 Å². The normalized spacial score (nSPS) is 11.4. The van der Waals surface area contributed by atoms with E-state index in [-0.39, 0.29) is 34.8 Å². The van der Waals surface area contributed by atoms with Crippen LogP contribution in [0.15, 0.2) is 40.8 Å². The molecule has 0 fully saturated rings. The Balaban J connectivity index is 1.61. The Morgan fingerprint density at radius 3 is 1.58 bits per heavy atom. The summed E-state index contributed by atoms with van der Waals surface area (Å²) in [4.78, 5) is 14.7. The molecule has 0 aliphatic carbocycles. The molecule has 154 valence electrons. The van der Waals surface area contributed by atoms with E-state index in [2.05, 4.69) is 19.9 Å². The van der Waals surface area contributed by atoms with Crippen LogP contribution in [0.4, 0.5) is 0 Å². The van der Waals surface area contributed by atoms with Crippen molar-refractivity contribution in [2.45, 2.75) is 0 Å². The molecule has 5 aromatic rings. The van der Waals surface area contributed by atoms with Crippen molar-refractivity contribution in [3.63, 3.8) is 0 Å². The number of hydrogen-bond acceptors (Lipinski definition) is 7. The van der Waals surface area contributed by atoms with Gasteiger partial charge < -0.3 is 36.1 Å². The van der Waals surface area contributed by atoms with Crippen molar-refractivity contribution in [1.82, 2.24) is 19.9 Å². The second kappa shape index (κ2) is 6.35. The van der Waals surface area contributed by atoms with Crippen molar-refractivity contribution >= 4 is 33.7 Å². The van der Waals surface area contributed by atoms with Gasteiger partial charge in [-0.15, -0.1) is 0 Å². The molecule has 5 rings (SSSR count). The number of fused-ring (bicyclic) bond motifs is 2. The third kappa shape index (κ3) is 2.83. The Morgan fingerprint density at radius 1 is 0.774 bits per heavy atom. The summed E-state index contributed by atoms with van der Waals surface area (Å²) in [6, 6.07) is 10.0. The Kier molecular flexibility index (Phi) is 3.74. The first-order valence-corrected chi connectivity index (χ1v) is 9.05. The van der Waals surface area contributed by atoms with Crippen LogP contribution in [0.25, 0.3) is 45.2 Å². The van der Waals surface area contributed by atoms with Gasteiger partial charge in [-0.25, -0.2) is 9.97 Å². The van der Waals surface area contributed by atoms with Gasteiger partial charge in [0.25, 0.3) is 0 Å². The summed E-state index contributed by atoms with van der Waals surface area (Å²) in [5.74, 6) is -0.947. The summed E-state index contributed by atoms with van der Waals surface area (Å²) in [7, 11) is 0. The molecular formula is C20H16N8O3. The summed E-state index contributed by atoms with van der Waals surface area (Å²) >= 11 is 0. The van der Waals surface area contributed by atoms with E-state index in [1.807, 2.05) is 0 Å². The van der Waals surface area contributed by atoms with E-state index in [0.29, 0.717) is 33.2 Å². The zero-order valence-electron chi connectivity index (χ0n) is 15.8. The first-order chi connectivity index (χ1) is 14.8. The van der Waals surface area contributed by atoms with Gasteiger partial charge in [0, 0.05) is 11.1 Å². The number of nitrogen functional groups attached to an aromatic ring is 2. The van der Waals surface area contributed by atoms with E-state index >= 15 is 0 Å². The van der Waals surface area contributed by atoms with Crippen LogP contribution >= 0.6 is 0 Å². The minimum absolute atomic E-state index is 0.0713. The SMILES string of the molecule is N=C(N)c1ccc2[nH]c(-c3oc(-c4nc5cc(C(=N)N)ccc5[nH]4)c(O)c3O)nc2c1. The maximum atomic E-state index is 10.4. The van der Waals surface area contributed by atoms with Crippen LogP contribution in [0.2, 0.25) is 0 Å². The number of hydrogen-bond donors (Lipinski definition) is 8. The van der Waals surface area contributed by atoms with E-state index in [1.54, 1.807) is 36.4 Å². The molecule has 3 heterocycles. The second-order valence-electron chi connectivity index (χ2n) is 6.92. The highest BCUT2D eigenvalue weighted by Gasteiger charge is 2.26. The molecule has 0 atom stereocenters. The summed E-state index contributed by atoms with van der Waals surface area (Å²) in [5, 5.41) is 36.0. The molecule has 2 aromatic carbocycles. The smallest absolute Gasteiger partial charge is 0.216 e. The van der Waals surface area contributed by atoms with Gasteiger partial charge in [0.2, 0.25) is 23.0 Å². The number of amidine groups is 2. The Morgan fingerprint density at radius 2 is 1.19 bits per heavy atom. The average molecular weight is 416 g/mol. The lowest BCUT2D eigenvalue weighted by Crippen LogP contribution is -2.10. The minimum Gasteiger partial charge on any atom is -0.501 e. The van der Waals surface area contributed by atoms with Gasteiger partial charge in [0.05, 0.1) is 22.1 Å². The van der Waals surface area contributed by atoms with Crippen LogP contribution in [0.5, 0.6) is 11.5 Å². The molecule has 0 spiro atoms. The quantitative estimate of drug-likeness (QED) is 0.162. The molecule has 0 amide bonds. The zero-order valence-corrected chi connectivity index (χ0v) is 15.8. The van der Waals surface area contributed by atoms with Crippen molar-refractivity contribution in [3.8, 4) is 34.7 Å². The third-order valence-corrected chi connectivity index (χ3v) is 4.88. The largest absolute Gasteiger partial charge is 0.501 e. The van der Waals surface area contributed by atoms with E-state index in [1.165, 1.54) is 0 Å². The first-order valence-electron chi connectivity index (χ1n) is 9.05. The number of aromatic nitrogens is 4. The fourth-order valence-corrected chi connectivity index (χ4v) is 3.30. The standard InChI is InChI=1S/C20H16N8O3/c21-17(22)7-1-3-9-11(5-7)27-19(25-9)15-13(29)14(30)16(31-15)20-26-10-4-2-8(18(23)24)6-12(10)28-20/h1-6,29-30H,(H3,21,22)(H3,23,24)(H,25,27)(H,26,28). The topological polar surface area (TPSA) is 211 Å². The lowest BCUT2D eigenvalue weighted by molar-refractivity contribution is 0.409. The van der Waals surface area contributed by atoms with Crippen LogP contribution < -0.4 is 11.5 Å². The molecule has 0 unspecified atom stereocenters. The molecule has 11 nitrogen and oxygen atoms in total. The van der Waals surface area contributed by atoms with Gasteiger partial charge in [0.1, 0.15) is 11.7 Å². The summed E-state index contributed by atoms with van der Waals surface area (Å²) in [6.45, 7) is 0. The van der Waals surface area contributed by atoms with Gasteiger partial charge in [-0.3, -0.25) is 10.8 Å². The summed E-state index contributed by atoms with van der Waals surface area (Å²) in [6.07, 6.45) is 0. The molecule has 0 saturated carbocycles. The number of furan rings is 1. The molecule has 0 aliphatic rings. The van der Waals surface area contributed by atoms with E-state index in [9.17, 15) is 10.2 Å². The average Bonchev–Trinajstić information content (AvgIpc) is 3.42. The Labute approximate surface area is 173 Å². The molecule has 3 aromatic heterocycles. The molecule has 0 radical (unpaired) electrons. The van der Waals surface area contributed by atoms with Crippen molar-refractivity contribution in [2.24, 2.45) is 11.5 Å². The first kappa shape index (κ1) is 18.2. The molecule has 0 saturated heterocycles. The zero-order chi connectivity index (χ0) is 21.9. The maximum Gasteiger partial charge on any atom is 0.216 e. The van der Waals surface area contributed by atoms with Crippen LogP contribution in [-0.2, 0) is 0 Å². The fourth-order valence-electron chi connectivity index (χ4n) is 3.30. The number of aromatic amines is 2. The molecule has 0 bridgehead atoms. The minimum atomic E-state index is -0.495. The van der Waals surface area contributed by atoms with Crippen molar-refractivity contribution < 1.29 is 14.6 Å². The van der Waals surface area contributed by atoms with Crippen molar-refractivity contribution in [3.05, 3.63) is 47.5 Å². The molecular weight excluding hydrogens is 400 g/mol. The number of rotatable bonds is 4. The van der Waals surface area contributed by atoms with Crippen LogP contribution in [0.1, 0.15) is 11.1 Å². The summed E-state index contributed by atoms with van der Waals surface area (Å²) < 4.78 is 5.71. The molecule has 31 heavy (non-hydrogen) atoms. The maximum absolute atomic E-state index is 10.4. The number of imidazole rings is 2. The highest BCUT2D eigenvalue weighted by atomic mass is 16.4. The van der Waals surface area contributed by atoms with Crippen LogP contribution in [0, 0.1) is 10.8 Å². The molecule has 10 N–H and O–H groups in total. The van der Waals surface area contributed by atoms with Gasteiger partial charge in [0.15, 0.2) is 11.6 Å². The van der Waals surface area contributed by atoms with Gasteiger partial charge >= 0.3 is 0 Å². The number of benzene rings is 2. The summed E-state index contributed by atoms with van der Waals surface area (Å²) in [5.41, 5.74) is 14.3. The Hall–Kier alpha value is -4.80. The number of aromatic hydroxyl groups is 2. The predicted molar refractivity (Wildman–Crippen MR) is 114 cm³/mol. The Bertz CT molecular complexity index is 1410. The van der Waals surface area contributed by atoms with Gasteiger partial charge in [-0.05, 0) is 36.4 Å². The number of H-pyrrole nitrogens is 2. The number of nitrogens with two attached hydrogens (primary N) is 2. The molecule has 11 heteroatoms. The predicted octanol–water partition coefficient (Wildman–Crippen LogP) is 2.35. The fraction of sp³-hybridized carbons (Fsp3) is 0. The highest BCUT2D eigenvalue weighted by molar-refractivity contribution is 5.99. The van der Waals surface area contributed by atoms with Gasteiger partial charge in [-0.2, -0.15) is 0 Å². The number of nitrogens with zero attached hydrogens (tertiary/aromatic N) is 2. The third-order valence-electron chi connectivity index (χ3n) is 4.88. The second-order valence-corrected chi connectivity index (χ2v) is 6.92. The van der Waals surface area contributed by atoms with Crippen molar-refractivity contribution in [2.75, 3.05) is 0 Å². The van der Waals surface area contributed by atoms with Gasteiger partial charge in [-0.1, -0.05) is 0 Å². The van der Waals surface area contributed by atoms with Crippen LogP contribution in [-0.4, -0.2) is 41.8 Å². The lowest BCUT2D eigenvalue weighted by atomic mass is 10.2. The lowest BCUT2D eigenvalue weighted by Gasteiger charge is -1.95. The van der Waals surface area contributed by atoms with Crippen LogP contribution in [0.3, 0.4) is 0 Å². The highest BCUT2D eigenvalue weighted by Crippen LogP contribution is 2.45. The van der Waals surface area contributed by atoms with E-state index < -0.39 is 11.5 Å². The monoisotopic (exact) mass is 416 g/mol. The number of nitrogens with one attached hydrogen (secondary N) is 4. The van der Waals surface area contributed by atoms with E-state index in [0.717, 1.165) is 0 Å². The van der Waals surface area contributed by atoms with Crippen molar-refractivity contribution in [1.29, 1.82) is 10.8 Å².